The van der Waals surface area contributed by atoms with Crippen molar-refractivity contribution in [2.24, 2.45) is 10.9 Å². The molecule has 1 amide bonds. The molecule has 0 saturated carbocycles. The van der Waals surface area contributed by atoms with Crippen molar-refractivity contribution >= 4 is 17.6 Å². The smallest absolute Gasteiger partial charge is 0.226 e. The molecule has 122 valence electrons. The van der Waals surface area contributed by atoms with Gasteiger partial charge in [-0.3, -0.25) is 9.79 Å². The standard InChI is InChI=1S/C17H28N4O/c1-6-13(4)20-17(18-5)19-11-14-7-9-15(10-8-14)21-16(22)12(2)3/h7-10,12-13H,6,11H2,1-5H3,(H,21,22)(H2,18,19,20). The number of hydrogen-bond acceptors (Lipinski definition) is 2. The summed E-state index contributed by atoms with van der Waals surface area (Å²) in [4.78, 5) is 15.8. The van der Waals surface area contributed by atoms with Gasteiger partial charge in [0.2, 0.25) is 5.91 Å². The molecule has 0 saturated heterocycles. The molecular formula is C17H28N4O. The SMILES string of the molecule is CCC(C)NC(=NC)NCc1ccc(NC(=O)C(C)C)cc1. The highest BCUT2D eigenvalue weighted by Crippen LogP contribution is 2.10. The van der Waals surface area contributed by atoms with E-state index in [0.717, 1.165) is 23.6 Å². The van der Waals surface area contributed by atoms with Crippen LogP contribution in [0.2, 0.25) is 0 Å². The second kappa shape index (κ2) is 9.07. The molecule has 1 aromatic rings. The summed E-state index contributed by atoms with van der Waals surface area (Å²) in [5, 5.41) is 9.48. The van der Waals surface area contributed by atoms with Crippen LogP contribution in [-0.4, -0.2) is 25.0 Å². The summed E-state index contributed by atoms with van der Waals surface area (Å²) in [6, 6.07) is 8.23. The summed E-state index contributed by atoms with van der Waals surface area (Å²) in [5.74, 6) is 0.812. The largest absolute Gasteiger partial charge is 0.354 e. The van der Waals surface area contributed by atoms with E-state index in [1.807, 2.05) is 38.1 Å². The molecule has 22 heavy (non-hydrogen) atoms. The van der Waals surface area contributed by atoms with Gasteiger partial charge in [0.15, 0.2) is 5.96 Å². The number of guanidine groups is 1. The Morgan fingerprint density at radius 1 is 1.18 bits per heavy atom. The lowest BCUT2D eigenvalue weighted by Crippen LogP contribution is -2.41. The number of anilines is 1. The second-order valence-corrected chi connectivity index (χ2v) is 5.72. The van der Waals surface area contributed by atoms with Gasteiger partial charge in [0.25, 0.3) is 0 Å². The second-order valence-electron chi connectivity index (χ2n) is 5.72. The minimum Gasteiger partial charge on any atom is -0.354 e. The summed E-state index contributed by atoms with van der Waals surface area (Å²) >= 11 is 0. The van der Waals surface area contributed by atoms with E-state index in [1.165, 1.54) is 0 Å². The van der Waals surface area contributed by atoms with Gasteiger partial charge in [-0.2, -0.15) is 0 Å². The van der Waals surface area contributed by atoms with Crippen LogP contribution < -0.4 is 16.0 Å². The number of carbonyl (C=O) groups is 1. The molecule has 0 aliphatic carbocycles. The van der Waals surface area contributed by atoms with Crippen LogP contribution in [0.3, 0.4) is 0 Å². The lowest BCUT2D eigenvalue weighted by molar-refractivity contribution is -0.118. The van der Waals surface area contributed by atoms with Gasteiger partial charge in [0.1, 0.15) is 0 Å². The highest BCUT2D eigenvalue weighted by molar-refractivity contribution is 5.92. The van der Waals surface area contributed by atoms with Crippen molar-refractivity contribution in [3.8, 4) is 0 Å². The van der Waals surface area contributed by atoms with E-state index in [2.05, 4.69) is 34.8 Å². The van der Waals surface area contributed by atoms with E-state index < -0.39 is 0 Å². The first-order valence-electron chi connectivity index (χ1n) is 7.83. The maximum atomic E-state index is 11.6. The van der Waals surface area contributed by atoms with Gasteiger partial charge < -0.3 is 16.0 Å². The number of carbonyl (C=O) groups excluding carboxylic acids is 1. The van der Waals surface area contributed by atoms with Crippen molar-refractivity contribution in [3.63, 3.8) is 0 Å². The first kappa shape index (κ1) is 18.0. The molecule has 0 spiro atoms. The summed E-state index contributed by atoms with van der Waals surface area (Å²) in [5.41, 5.74) is 1.96. The predicted octanol–water partition coefficient (Wildman–Crippen LogP) is 2.74. The third kappa shape index (κ3) is 6.16. The van der Waals surface area contributed by atoms with Crippen molar-refractivity contribution in [2.45, 2.75) is 46.7 Å². The van der Waals surface area contributed by atoms with Crippen LogP contribution >= 0.6 is 0 Å². The fourth-order valence-corrected chi connectivity index (χ4v) is 1.71. The normalized spacial score (nSPS) is 12.9. The molecule has 1 atom stereocenters. The number of aliphatic imine (C=N–C) groups is 1. The average molecular weight is 304 g/mol. The number of hydrogen-bond donors (Lipinski definition) is 3. The van der Waals surface area contributed by atoms with Gasteiger partial charge in [-0.25, -0.2) is 0 Å². The topological polar surface area (TPSA) is 65.5 Å². The predicted molar refractivity (Wildman–Crippen MR) is 93.0 cm³/mol. The van der Waals surface area contributed by atoms with E-state index in [1.54, 1.807) is 7.05 Å². The Kier molecular flexibility index (Phi) is 7.43. The Hall–Kier alpha value is -2.04. The third-order valence-electron chi connectivity index (χ3n) is 3.42. The number of nitrogens with zero attached hydrogens (tertiary/aromatic N) is 1. The monoisotopic (exact) mass is 304 g/mol. The minimum absolute atomic E-state index is 0.0173. The lowest BCUT2D eigenvalue weighted by Gasteiger charge is -2.16. The number of nitrogens with one attached hydrogen (secondary N) is 3. The van der Waals surface area contributed by atoms with Gasteiger partial charge in [-0.15, -0.1) is 0 Å². The molecule has 3 N–H and O–H groups in total. The van der Waals surface area contributed by atoms with E-state index >= 15 is 0 Å². The van der Waals surface area contributed by atoms with E-state index in [4.69, 9.17) is 0 Å². The average Bonchev–Trinajstić information content (AvgIpc) is 2.52. The molecule has 0 radical (unpaired) electrons. The van der Waals surface area contributed by atoms with Crippen LogP contribution in [0, 0.1) is 5.92 Å². The van der Waals surface area contributed by atoms with Crippen molar-refractivity contribution in [1.82, 2.24) is 10.6 Å². The summed E-state index contributed by atoms with van der Waals surface area (Å²) < 4.78 is 0. The maximum Gasteiger partial charge on any atom is 0.226 e. The summed E-state index contributed by atoms with van der Waals surface area (Å²) in [6.07, 6.45) is 1.05. The van der Waals surface area contributed by atoms with Gasteiger partial charge in [-0.1, -0.05) is 32.9 Å². The molecular weight excluding hydrogens is 276 g/mol. The zero-order valence-corrected chi connectivity index (χ0v) is 14.2. The fraction of sp³-hybridized carbons (Fsp3) is 0.529. The first-order chi connectivity index (χ1) is 10.5. The van der Waals surface area contributed by atoms with Crippen LogP contribution in [0.1, 0.15) is 39.7 Å². The summed E-state index contributed by atoms with van der Waals surface area (Å²) in [6.45, 7) is 8.70. The Labute approximate surface area is 133 Å². The molecule has 0 aromatic heterocycles. The highest BCUT2D eigenvalue weighted by Gasteiger charge is 2.07. The minimum atomic E-state index is -0.0173. The van der Waals surface area contributed by atoms with Crippen molar-refractivity contribution in [2.75, 3.05) is 12.4 Å². The molecule has 1 aromatic carbocycles. The van der Waals surface area contributed by atoms with Crippen LogP contribution in [0.15, 0.2) is 29.3 Å². The van der Waals surface area contributed by atoms with Gasteiger partial charge in [0, 0.05) is 31.2 Å². The van der Waals surface area contributed by atoms with Gasteiger partial charge in [-0.05, 0) is 31.0 Å². The molecule has 0 bridgehead atoms. The van der Waals surface area contributed by atoms with Crippen molar-refractivity contribution in [1.29, 1.82) is 0 Å². The third-order valence-corrected chi connectivity index (χ3v) is 3.42. The Morgan fingerprint density at radius 2 is 1.82 bits per heavy atom. The molecule has 0 aliphatic rings. The molecule has 5 nitrogen and oxygen atoms in total. The van der Waals surface area contributed by atoms with Crippen molar-refractivity contribution < 1.29 is 4.79 Å². The number of benzene rings is 1. The Morgan fingerprint density at radius 3 is 2.32 bits per heavy atom. The molecule has 1 rings (SSSR count). The number of rotatable bonds is 6. The zero-order valence-electron chi connectivity index (χ0n) is 14.2. The lowest BCUT2D eigenvalue weighted by atomic mass is 10.1. The highest BCUT2D eigenvalue weighted by atomic mass is 16.1. The van der Waals surface area contributed by atoms with E-state index in [9.17, 15) is 4.79 Å². The van der Waals surface area contributed by atoms with Crippen LogP contribution in [-0.2, 0) is 11.3 Å². The summed E-state index contributed by atoms with van der Waals surface area (Å²) in [7, 11) is 1.77. The molecule has 0 fully saturated rings. The van der Waals surface area contributed by atoms with Gasteiger partial charge in [0.05, 0.1) is 0 Å². The molecule has 0 heterocycles. The van der Waals surface area contributed by atoms with E-state index in [-0.39, 0.29) is 11.8 Å². The molecule has 1 unspecified atom stereocenters. The molecule has 5 heteroatoms. The molecule has 0 aliphatic heterocycles. The Bertz CT molecular complexity index is 494. The Balaban J connectivity index is 2.52. The van der Waals surface area contributed by atoms with Crippen molar-refractivity contribution in [3.05, 3.63) is 29.8 Å². The van der Waals surface area contributed by atoms with Crippen LogP contribution in [0.4, 0.5) is 5.69 Å². The fourth-order valence-electron chi connectivity index (χ4n) is 1.71. The zero-order chi connectivity index (χ0) is 16.5. The van der Waals surface area contributed by atoms with E-state index in [0.29, 0.717) is 12.6 Å². The van der Waals surface area contributed by atoms with Crippen LogP contribution in [0.25, 0.3) is 0 Å². The number of amides is 1. The van der Waals surface area contributed by atoms with Crippen LogP contribution in [0.5, 0.6) is 0 Å². The maximum absolute atomic E-state index is 11.6. The van der Waals surface area contributed by atoms with Gasteiger partial charge >= 0.3 is 0 Å². The quantitative estimate of drug-likeness (QED) is 0.559. The first-order valence-corrected chi connectivity index (χ1v) is 7.83.